The van der Waals surface area contributed by atoms with E-state index in [4.69, 9.17) is 14.9 Å². The number of benzene rings is 2. The molecule has 5 heterocycles. The number of aromatic amines is 1. The van der Waals surface area contributed by atoms with E-state index in [1.807, 2.05) is 0 Å². The van der Waals surface area contributed by atoms with Gasteiger partial charge in [-0.2, -0.15) is 0 Å². The molecule has 0 saturated carbocycles. The third-order valence-electron chi connectivity index (χ3n) is 6.98. The summed E-state index contributed by atoms with van der Waals surface area (Å²) in [7, 11) is 0. The Labute approximate surface area is 231 Å². The Bertz CT molecular complexity index is 1740. The minimum atomic E-state index is -0.833. The zero-order chi connectivity index (χ0) is 27.5. The first-order valence-corrected chi connectivity index (χ1v) is 13.5. The van der Waals surface area contributed by atoms with Crippen LogP contribution >= 0.6 is 0 Å². The molecule has 0 spiro atoms. The van der Waals surface area contributed by atoms with E-state index in [2.05, 4.69) is 103 Å². The summed E-state index contributed by atoms with van der Waals surface area (Å²) in [5.41, 5.74) is 8.69. The third kappa shape index (κ3) is 5.31. The summed E-state index contributed by atoms with van der Waals surface area (Å²) in [4.78, 5) is 26.6. The van der Waals surface area contributed by atoms with Crippen molar-refractivity contribution in [3.05, 3.63) is 84.3 Å². The molecule has 9 heteroatoms. The number of aliphatic carboxylic acids is 1. The van der Waals surface area contributed by atoms with Gasteiger partial charge in [-0.25, -0.2) is 4.98 Å². The highest BCUT2D eigenvalue weighted by atomic mass is 16.4. The Morgan fingerprint density at radius 2 is 1.48 bits per heavy atom. The maximum Gasteiger partial charge on any atom is 0.300 e. The molecule has 7 rings (SSSR count). The largest absolute Gasteiger partial charge is 0.481 e. The molecule has 0 aliphatic carbocycles. The lowest BCUT2D eigenvalue weighted by Gasteiger charge is -2.14. The lowest BCUT2D eigenvalue weighted by molar-refractivity contribution is -0.134. The average molecular weight is 534 g/mol. The van der Waals surface area contributed by atoms with Crippen molar-refractivity contribution in [1.82, 2.24) is 25.0 Å². The number of hydrogen-bond donors (Lipinski definition) is 4. The van der Waals surface area contributed by atoms with Crippen molar-refractivity contribution >= 4 is 34.2 Å². The number of nitrogens with one attached hydrogen (secondary N) is 3. The Morgan fingerprint density at radius 1 is 0.850 bits per heavy atom. The molecule has 0 amide bonds. The van der Waals surface area contributed by atoms with Gasteiger partial charge in [0, 0.05) is 84.9 Å². The fourth-order valence-electron chi connectivity index (χ4n) is 5.05. The summed E-state index contributed by atoms with van der Waals surface area (Å²) in [6.07, 6.45) is 8.41. The van der Waals surface area contributed by atoms with E-state index >= 15 is 0 Å². The van der Waals surface area contributed by atoms with Crippen LogP contribution in [-0.2, 0) is 4.79 Å². The molecule has 202 valence electrons. The number of amidine groups is 2. The molecule has 0 fully saturated rings. The number of H-pyrrole nitrogens is 1. The van der Waals surface area contributed by atoms with Crippen molar-refractivity contribution in [2.75, 3.05) is 26.2 Å². The second-order valence-corrected chi connectivity index (χ2v) is 9.89. The molecule has 0 unspecified atom stereocenters. The molecular weight excluding hydrogens is 502 g/mol. The van der Waals surface area contributed by atoms with Gasteiger partial charge in [0.1, 0.15) is 17.3 Å². The minimum absolute atomic E-state index is 0.833. The van der Waals surface area contributed by atoms with Gasteiger partial charge < -0.3 is 25.1 Å². The molecule has 0 radical (unpaired) electrons. The van der Waals surface area contributed by atoms with Crippen molar-refractivity contribution in [2.45, 2.75) is 19.8 Å². The highest BCUT2D eigenvalue weighted by molar-refractivity contribution is 6.04. The molecule has 0 atom stereocenters. The summed E-state index contributed by atoms with van der Waals surface area (Å²) in [5, 5.41) is 15.4. The Kier molecular flexibility index (Phi) is 7.01. The number of carboxylic acid groups (broad SMARTS) is 1. The van der Waals surface area contributed by atoms with Gasteiger partial charge in [0.15, 0.2) is 0 Å². The lowest BCUT2D eigenvalue weighted by Crippen LogP contribution is -2.30. The molecule has 0 bridgehead atoms. The normalized spacial score (nSPS) is 14.9. The van der Waals surface area contributed by atoms with Crippen LogP contribution in [0.15, 0.2) is 83.2 Å². The van der Waals surface area contributed by atoms with Gasteiger partial charge >= 0.3 is 0 Å². The number of carbonyl (C=O) groups is 1. The van der Waals surface area contributed by atoms with Gasteiger partial charge in [-0.15, -0.1) is 0 Å². The van der Waals surface area contributed by atoms with E-state index in [1.165, 1.54) is 16.5 Å². The molecular formula is C31H31N7O2. The van der Waals surface area contributed by atoms with Crippen LogP contribution < -0.4 is 10.6 Å². The fourth-order valence-corrected chi connectivity index (χ4v) is 5.05. The maximum absolute atomic E-state index is 9.00. The number of fused-ring (bicyclic) bond motifs is 2. The Morgan fingerprint density at radius 3 is 2.12 bits per heavy atom. The topological polar surface area (TPSA) is 119 Å². The summed E-state index contributed by atoms with van der Waals surface area (Å²) < 4.78 is 2.07. The van der Waals surface area contributed by atoms with Crippen LogP contribution in [0.5, 0.6) is 0 Å². The van der Waals surface area contributed by atoms with Gasteiger partial charge in [-0.1, -0.05) is 36.4 Å². The number of aromatic nitrogens is 3. The molecule has 2 aliphatic heterocycles. The molecule has 9 nitrogen and oxygen atoms in total. The van der Waals surface area contributed by atoms with Gasteiger partial charge in [-0.3, -0.25) is 14.8 Å². The fraction of sp³-hybridized carbons (Fsp3) is 0.226. The SMILES string of the molecule is CC(=O)O.c1cc2c(-c3ccc(-c4cn5ccc(C6=NCCCN6)cc5n4)cc3)c[nH]c2cc1C1=NCCCN1. The molecule has 0 saturated heterocycles. The zero-order valence-corrected chi connectivity index (χ0v) is 22.3. The highest BCUT2D eigenvalue weighted by Gasteiger charge is 2.13. The van der Waals surface area contributed by atoms with E-state index in [-0.39, 0.29) is 0 Å². The predicted octanol–water partition coefficient (Wildman–Crippen LogP) is 4.72. The molecule has 3 aromatic heterocycles. The lowest BCUT2D eigenvalue weighted by atomic mass is 10.0. The molecule has 4 N–H and O–H groups in total. The predicted molar refractivity (Wildman–Crippen MR) is 159 cm³/mol. The van der Waals surface area contributed by atoms with Crippen molar-refractivity contribution in [2.24, 2.45) is 9.98 Å². The van der Waals surface area contributed by atoms with Gasteiger partial charge in [-0.05, 0) is 36.6 Å². The number of nitrogens with zero attached hydrogens (tertiary/aromatic N) is 4. The first-order chi connectivity index (χ1) is 19.5. The number of aliphatic imine (C=N–C) groups is 2. The second kappa shape index (κ2) is 11.1. The number of pyridine rings is 1. The second-order valence-electron chi connectivity index (χ2n) is 9.89. The van der Waals surface area contributed by atoms with Crippen LogP contribution in [0.4, 0.5) is 0 Å². The van der Waals surface area contributed by atoms with Crippen molar-refractivity contribution in [3.8, 4) is 22.4 Å². The first-order valence-electron chi connectivity index (χ1n) is 13.5. The van der Waals surface area contributed by atoms with Crippen molar-refractivity contribution in [3.63, 3.8) is 0 Å². The van der Waals surface area contributed by atoms with Crippen molar-refractivity contribution < 1.29 is 9.90 Å². The average Bonchev–Trinajstić information content (AvgIpc) is 3.62. The van der Waals surface area contributed by atoms with Crippen LogP contribution in [0.3, 0.4) is 0 Å². The highest BCUT2D eigenvalue weighted by Crippen LogP contribution is 2.31. The third-order valence-corrected chi connectivity index (χ3v) is 6.98. The van der Waals surface area contributed by atoms with Gasteiger partial charge in [0.25, 0.3) is 5.97 Å². The Hall–Kier alpha value is -4.92. The summed E-state index contributed by atoms with van der Waals surface area (Å²) in [6, 6.07) is 19.4. The molecule has 2 aromatic carbocycles. The standard InChI is InChI=1S/C29H27N7.C2H4O2/c1-10-30-28(31-11-1)21-7-8-23-24(17-34-25(23)15-21)19-3-5-20(6-4-19)26-18-36-14-9-22(16-27(36)35-26)29-32-12-2-13-33-29;1-2(3)4/h3-9,14-18,34H,1-2,10-13H2,(H,30,31)(H,32,33);1H3,(H,3,4). The van der Waals surface area contributed by atoms with E-state index in [0.29, 0.717) is 0 Å². The number of imidazole rings is 1. The quantitative estimate of drug-likeness (QED) is 0.267. The van der Waals surface area contributed by atoms with Crippen LogP contribution in [0.25, 0.3) is 38.9 Å². The van der Waals surface area contributed by atoms with E-state index < -0.39 is 5.97 Å². The van der Waals surface area contributed by atoms with Gasteiger partial charge in [0.05, 0.1) is 5.69 Å². The van der Waals surface area contributed by atoms with Crippen LogP contribution in [0, 0.1) is 0 Å². The summed E-state index contributed by atoms with van der Waals surface area (Å²) >= 11 is 0. The van der Waals surface area contributed by atoms with E-state index in [0.717, 1.165) is 91.2 Å². The first kappa shape index (κ1) is 25.4. The number of carboxylic acids is 1. The summed E-state index contributed by atoms with van der Waals surface area (Å²) in [5.74, 6) is 1.12. The zero-order valence-electron chi connectivity index (χ0n) is 22.3. The molecule has 2 aliphatic rings. The summed E-state index contributed by atoms with van der Waals surface area (Å²) in [6.45, 7) is 4.81. The van der Waals surface area contributed by atoms with E-state index in [9.17, 15) is 0 Å². The van der Waals surface area contributed by atoms with Crippen LogP contribution in [0.2, 0.25) is 0 Å². The monoisotopic (exact) mass is 533 g/mol. The number of hydrogen-bond acceptors (Lipinski definition) is 6. The van der Waals surface area contributed by atoms with Crippen LogP contribution in [-0.4, -0.2) is 63.3 Å². The Balaban J connectivity index is 0.000000680. The number of rotatable bonds is 4. The molecule has 5 aromatic rings. The molecule has 40 heavy (non-hydrogen) atoms. The van der Waals surface area contributed by atoms with Crippen LogP contribution in [0.1, 0.15) is 30.9 Å². The van der Waals surface area contributed by atoms with E-state index in [1.54, 1.807) is 0 Å². The minimum Gasteiger partial charge on any atom is -0.481 e. The van der Waals surface area contributed by atoms with Crippen molar-refractivity contribution in [1.29, 1.82) is 0 Å². The van der Waals surface area contributed by atoms with Gasteiger partial charge in [0.2, 0.25) is 0 Å². The maximum atomic E-state index is 9.00. The smallest absolute Gasteiger partial charge is 0.300 e.